The number of H-pyrrole nitrogens is 1. The number of aromatic amines is 1. The van der Waals surface area contributed by atoms with Gasteiger partial charge in [0.05, 0.1) is 12.5 Å². The normalized spacial score (nSPS) is 13.7. The van der Waals surface area contributed by atoms with Crippen molar-refractivity contribution in [3.8, 4) is 0 Å². The van der Waals surface area contributed by atoms with Gasteiger partial charge in [-0.15, -0.1) is 0 Å². The number of nitrogens with one attached hydrogen (secondary N) is 1. The van der Waals surface area contributed by atoms with Crippen molar-refractivity contribution in [3.63, 3.8) is 0 Å². The highest BCUT2D eigenvalue weighted by Gasteiger charge is 2.41. The molecular weight excluding hydrogens is 520 g/mol. The average molecular weight is 586 g/mol. The molecule has 0 aliphatic rings. The van der Waals surface area contributed by atoms with Crippen molar-refractivity contribution < 1.29 is 4.57 Å². The van der Waals surface area contributed by atoms with Gasteiger partial charge in [-0.05, 0) is 36.8 Å². The van der Waals surface area contributed by atoms with Gasteiger partial charge >= 0.3 is 0 Å². The van der Waals surface area contributed by atoms with E-state index in [0.717, 1.165) is 13.0 Å². The average Bonchev–Trinajstić information content (AvgIpc) is 3.49. The zero-order chi connectivity index (χ0) is 30.4. The number of aryl methyl sites for hydroxylation is 1. The number of imidazole rings is 1. The first-order chi connectivity index (χ1) is 21.2. The molecule has 1 N–H and O–H groups in total. The van der Waals surface area contributed by atoms with Crippen molar-refractivity contribution in [2.24, 2.45) is 0 Å². The van der Waals surface area contributed by atoms with Crippen LogP contribution in [0.15, 0.2) is 73.1 Å². The summed E-state index contributed by atoms with van der Waals surface area (Å²) in [6, 6.07) is 22.5. The largest absolute Gasteiger partial charge is 0.258 e. The molecule has 0 aliphatic carbocycles. The van der Waals surface area contributed by atoms with Crippen molar-refractivity contribution in [1.29, 1.82) is 0 Å². The van der Waals surface area contributed by atoms with Gasteiger partial charge < -0.3 is 0 Å². The molecule has 0 aliphatic heterocycles. The number of hydrogen-bond acceptors (Lipinski definition) is 0. The van der Waals surface area contributed by atoms with Crippen LogP contribution in [0.1, 0.15) is 166 Å². The quantitative estimate of drug-likeness (QED) is 0.0753. The van der Waals surface area contributed by atoms with E-state index in [2.05, 4.69) is 103 Å². The summed E-state index contributed by atoms with van der Waals surface area (Å²) in [5, 5.41) is 0. The van der Waals surface area contributed by atoms with E-state index >= 15 is 0 Å². The van der Waals surface area contributed by atoms with E-state index < -0.39 is 0 Å². The van der Waals surface area contributed by atoms with E-state index in [-0.39, 0.29) is 5.41 Å². The minimum atomic E-state index is 0.00989. The molecular formula is C41H65N2+. The van der Waals surface area contributed by atoms with Gasteiger partial charge in [-0.2, -0.15) is 0 Å². The summed E-state index contributed by atoms with van der Waals surface area (Å²) in [5.74, 6) is 1.86. The van der Waals surface area contributed by atoms with Gasteiger partial charge in [-0.1, -0.05) is 184 Å². The lowest BCUT2D eigenvalue weighted by molar-refractivity contribution is -0.705. The van der Waals surface area contributed by atoms with Gasteiger partial charge in [0.1, 0.15) is 12.4 Å². The maximum absolute atomic E-state index is 3.76. The van der Waals surface area contributed by atoms with Gasteiger partial charge in [0.2, 0.25) is 0 Å². The van der Waals surface area contributed by atoms with Crippen molar-refractivity contribution in [3.05, 3.63) is 90.0 Å². The molecule has 0 bridgehead atoms. The molecule has 2 unspecified atom stereocenters. The third-order valence-electron chi connectivity index (χ3n) is 9.84. The zero-order valence-electron chi connectivity index (χ0n) is 28.3. The second-order valence-electron chi connectivity index (χ2n) is 13.5. The third kappa shape index (κ3) is 12.7. The second kappa shape index (κ2) is 21.4. The summed E-state index contributed by atoms with van der Waals surface area (Å²) < 4.78 is 2.54. The molecule has 0 radical (unpaired) electrons. The number of unbranched alkanes of at least 4 members (excludes halogenated alkanes) is 16. The van der Waals surface area contributed by atoms with Crippen LogP contribution in [0.5, 0.6) is 0 Å². The van der Waals surface area contributed by atoms with Crippen LogP contribution in [0.3, 0.4) is 0 Å². The minimum absolute atomic E-state index is 0.00989. The summed E-state index contributed by atoms with van der Waals surface area (Å²) in [6.45, 7) is 8.24. The van der Waals surface area contributed by atoms with E-state index in [1.165, 1.54) is 139 Å². The van der Waals surface area contributed by atoms with Gasteiger partial charge in [-0.3, -0.25) is 0 Å². The van der Waals surface area contributed by atoms with Crippen LogP contribution in [-0.4, -0.2) is 4.98 Å². The van der Waals surface area contributed by atoms with Gasteiger partial charge in [0, 0.05) is 5.41 Å². The van der Waals surface area contributed by atoms with E-state index in [1.807, 2.05) is 0 Å². The highest BCUT2D eigenvalue weighted by Crippen LogP contribution is 2.43. The molecule has 1 aromatic heterocycles. The lowest BCUT2D eigenvalue weighted by Crippen LogP contribution is -2.43. The van der Waals surface area contributed by atoms with Gasteiger partial charge in [-0.25, -0.2) is 9.55 Å². The van der Waals surface area contributed by atoms with Gasteiger partial charge in [0.25, 0.3) is 5.82 Å². The second-order valence-corrected chi connectivity index (χ2v) is 13.5. The Morgan fingerprint density at radius 2 is 1.09 bits per heavy atom. The van der Waals surface area contributed by atoms with E-state index in [0.29, 0.717) is 5.92 Å². The molecule has 238 valence electrons. The fraction of sp³-hybridized carbons (Fsp3) is 0.634. The maximum atomic E-state index is 3.76. The summed E-state index contributed by atoms with van der Waals surface area (Å²) in [4.78, 5) is 3.76. The Hall–Kier alpha value is -2.35. The fourth-order valence-electron chi connectivity index (χ4n) is 7.15. The number of nitrogens with zero attached hydrogens (tertiary/aromatic N) is 1. The molecule has 0 fully saturated rings. The molecule has 2 aromatic carbocycles. The number of benzene rings is 2. The Bertz CT molecular complexity index is 1060. The lowest BCUT2D eigenvalue weighted by atomic mass is 9.66. The lowest BCUT2D eigenvalue weighted by Gasteiger charge is -2.37. The molecule has 0 saturated carbocycles. The molecule has 3 aromatic rings. The minimum Gasteiger partial charge on any atom is -0.247 e. The monoisotopic (exact) mass is 586 g/mol. The summed E-state index contributed by atoms with van der Waals surface area (Å²) in [5.41, 5.74) is 2.90. The third-order valence-corrected chi connectivity index (χ3v) is 9.84. The molecule has 2 heteroatoms. The zero-order valence-corrected chi connectivity index (χ0v) is 28.3. The van der Waals surface area contributed by atoms with Crippen LogP contribution in [0.4, 0.5) is 0 Å². The van der Waals surface area contributed by atoms with Gasteiger partial charge in [0.15, 0.2) is 0 Å². The Balaban J connectivity index is 1.57. The van der Waals surface area contributed by atoms with Crippen molar-refractivity contribution in [1.82, 2.24) is 4.98 Å². The summed E-state index contributed by atoms with van der Waals surface area (Å²) in [6.07, 6.45) is 31.8. The Labute approximate surface area is 266 Å². The van der Waals surface area contributed by atoms with Crippen molar-refractivity contribution in [2.75, 3.05) is 0 Å². The van der Waals surface area contributed by atoms with E-state index in [9.17, 15) is 0 Å². The molecule has 1 heterocycles. The maximum Gasteiger partial charge on any atom is 0.258 e. The number of rotatable bonds is 25. The first kappa shape index (κ1) is 35.1. The van der Waals surface area contributed by atoms with E-state index in [4.69, 9.17) is 0 Å². The standard InChI is InChI=1S/C41H64N2/c1-4-6-8-9-10-11-12-13-14-15-16-17-18-19-26-32-39(40-42-33-35-43(40)34-27-7-5-2)41(3,38-30-24-21-25-31-38)36-37-28-22-20-23-29-37/h20-25,28-31,33,35,39H,4-19,26-27,32,34,36H2,1-3H3/p+1. The van der Waals surface area contributed by atoms with Crippen LogP contribution in [0, 0.1) is 0 Å². The first-order valence-electron chi connectivity index (χ1n) is 18.3. The molecule has 0 amide bonds. The molecule has 0 saturated heterocycles. The van der Waals surface area contributed by atoms with Crippen LogP contribution >= 0.6 is 0 Å². The Morgan fingerprint density at radius 3 is 1.65 bits per heavy atom. The number of hydrogen-bond donors (Lipinski definition) is 1. The van der Waals surface area contributed by atoms with Crippen LogP contribution in [0.25, 0.3) is 0 Å². The smallest absolute Gasteiger partial charge is 0.247 e. The summed E-state index contributed by atoms with van der Waals surface area (Å²) >= 11 is 0. The van der Waals surface area contributed by atoms with Crippen LogP contribution in [0.2, 0.25) is 0 Å². The fourth-order valence-corrected chi connectivity index (χ4v) is 7.15. The predicted octanol–water partition coefficient (Wildman–Crippen LogP) is 12.0. The SMILES string of the molecule is CCCCCCCCCCCCCCCCCC(c1[nH]cc[n+]1CCCCC)C(C)(Cc1ccccc1)c1ccccc1. The molecule has 43 heavy (non-hydrogen) atoms. The number of aromatic nitrogens is 2. The summed E-state index contributed by atoms with van der Waals surface area (Å²) in [7, 11) is 0. The molecule has 2 nitrogen and oxygen atoms in total. The highest BCUT2D eigenvalue weighted by atomic mass is 15.1. The first-order valence-corrected chi connectivity index (χ1v) is 18.3. The molecule has 2 atom stereocenters. The highest BCUT2D eigenvalue weighted by molar-refractivity contribution is 5.32. The van der Waals surface area contributed by atoms with E-state index in [1.54, 1.807) is 0 Å². The topological polar surface area (TPSA) is 19.7 Å². The molecule has 0 spiro atoms. The van der Waals surface area contributed by atoms with Crippen molar-refractivity contribution >= 4 is 0 Å². The van der Waals surface area contributed by atoms with Crippen LogP contribution < -0.4 is 4.57 Å². The Morgan fingerprint density at radius 1 is 0.605 bits per heavy atom. The molecule has 3 rings (SSSR count). The predicted molar refractivity (Wildman–Crippen MR) is 187 cm³/mol. The van der Waals surface area contributed by atoms with Crippen molar-refractivity contribution in [2.45, 2.75) is 167 Å². The van der Waals surface area contributed by atoms with Crippen LogP contribution in [-0.2, 0) is 18.4 Å². The Kier molecular flexibility index (Phi) is 17.5.